The lowest BCUT2D eigenvalue weighted by Crippen LogP contribution is -2.18. The number of benzene rings is 2. The summed E-state index contributed by atoms with van der Waals surface area (Å²) in [6, 6.07) is 10.8. The molecule has 2 aromatic carbocycles. The first-order chi connectivity index (χ1) is 10.4. The number of aromatic carboxylic acids is 1. The van der Waals surface area contributed by atoms with E-state index in [0.717, 1.165) is 0 Å². The second-order valence-electron chi connectivity index (χ2n) is 4.27. The van der Waals surface area contributed by atoms with Crippen molar-refractivity contribution in [3.8, 4) is 5.75 Å². The monoisotopic (exact) mass is 320 g/mol. The third-order valence-corrected chi connectivity index (χ3v) is 3.93. The molecule has 22 heavy (non-hydrogen) atoms. The highest BCUT2D eigenvalue weighted by molar-refractivity contribution is 7.89. The van der Waals surface area contributed by atoms with Gasteiger partial charge in [-0.05, 0) is 54.1 Å². The van der Waals surface area contributed by atoms with Crippen molar-refractivity contribution in [2.45, 2.75) is 4.90 Å². The van der Waals surface area contributed by atoms with E-state index >= 15 is 0 Å². The largest absolute Gasteiger partial charge is 0.508 e. The van der Waals surface area contributed by atoms with Gasteiger partial charge in [0.05, 0.1) is 16.7 Å². The molecule has 0 bridgehead atoms. The van der Waals surface area contributed by atoms with E-state index in [-0.39, 0.29) is 16.2 Å². The fraction of sp³-hybridized carbons (Fsp3) is 0. The topological polar surface area (TPSA) is 116 Å². The molecule has 0 radical (unpaired) electrons. The maximum atomic E-state index is 11.9. The average molecular weight is 320 g/mol. The number of sulfonamides is 1. The molecule has 0 spiro atoms. The van der Waals surface area contributed by atoms with Crippen LogP contribution in [0.25, 0.3) is 0 Å². The summed E-state index contributed by atoms with van der Waals surface area (Å²) >= 11 is 0. The Morgan fingerprint density at radius 1 is 1.05 bits per heavy atom. The van der Waals surface area contributed by atoms with Gasteiger partial charge in [0.1, 0.15) is 5.75 Å². The number of nitrogens with zero attached hydrogens (tertiary/aromatic N) is 1. The van der Waals surface area contributed by atoms with Crippen LogP contribution in [0.2, 0.25) is 0 Å². The Kier molecular flexibility index (Phi) is 4.42. The predicted octanol–water partition coefficient (Wildman–Crippen LogP) is 1.40. The quantitative estimate of drug-likeness (QED) is 0.569. The standard InChI is InChI=1S/C14H12N2O5S/c17-12-5-1-10(2-6-12)9-15-16-22(20,21)13-7-3-11(4-8-13)14(18)19/h1-9,16-17H,(H,18,19). The zero-order valence-corrected chi connectivity index (χ0v) is 12.0. The van der Waals surface area contributed by atoms with Crippen LogP contribution in [-0.2, 0) is 10.0 Å². The minimum atomic E-state index is -3.87. The van der Waals surface area contributed by atoms with Crippen LogP contribution in [0.5, 0.6) is 5.75 Å². The first kappa shape index (κ1) is 15.5. The minimum Gasteiger partial charge on any atom is -0.508 e. The normalized spacial score (nSPS) is 11.5. The van der Waals surface area contributed by atoms with Crippen molar-refractivity contribution in [3.63, 3.8) is 0 Å². The number of nitrogens with one attached hydrogen (secondary N) is 1. The zero-order chi connectivity index (χ0) is 16.2. The first-order valence-electron chi connectivity index (χ1n) is 6.06. The molecule has 0 aliphatic heterocycles. The molecule has 0 unspecified atom stereocenters. The number of hydrazone groups is 1. The van der Waals surface area contributed by atoms with Crippen LogP contribution in [-0.4, -0.2) is 30.8 Å². The van der Waals surface area contributed by atoms with Crippen molar-refractivity contribution in [1.82, 2.24) is 4.83 Å². The van der Waals surface area contributed by atoms with Crippen LogP contribution in [0.15, 0.2) is 58.5 Å². The maximum Gasteiger partial charge on any atom is 0.335 e. The fourth-order valence-electron chi connectivity index (χ4n) is 1.56. The number of carbonyl (C=O) groups is 1. The van der Waals surface area contributed by atoms with Gasteiger partial charge in [-0.1, -0.05) is 0 Å². The molecular weight excluding hydrogens is 308 g/mol. The molecule has 0 heterocycles. The van der Waals surface area contributed by atoms with Crippen LogP contribution in [0, 0.1) is 0 Å². The Balaban J connectivity index is 2.10. The number of hydrogen-bond acceptors (Lipinski definition) is 5. The van der Waals surface area contributed by atoms with Gasteiger partial charge < -0.3 is 10.2 Å². The van der Waals surface area contributed by atoms with Gasteiger partial charge >= 0.3 is 5.97 Å². The maximum absolute atomic E-state index is 11.9. The summed E-state index contributed by atoms with van der Waals surface area (Å²) in [6.07, 6.45) is 1.28. The third-order valence-electron chi connectivity index (χ3n) is 2.69. The van der Waals surface area contributed by atoms with Crippen molar-refractivity contribution < 1.29 is 23.4 Å². The van der Waals surface area contributed by atoms with Gasteiger partial charge in [0.2, 0.25) is 0 Å². The number of carboxylic acid groups (broad SMARTS) is 1. The number of phenols is 1. The molecule has 8 heteroatoms. The van der Waals surface area contributed by atoms with Crippen molar-refractivity contribution in [3.05, 3.63) is 59.7 Å². The number of rotatable bonds is 5. The van der Waals surface area contributed by atoms with Crippen molar-refractivity contribution >= 4 is 22.2 Å². The highest BCUT2D eigenvalue weighted by atomic mass is 32.2. The van der Waals surface area contributed by atoms with Crippen molar-refractivity contribution in [2.24, 2.45) is 5.10 Å². The van der Waals surface area contributed by atoms with Crippen LogP contribution >= 0.6 is 0 Å². The van der Waals surface area contributed by atoms with E-state index in [2.05, 4.69) is 5.10 Å². The van der Waals surface area contributed by atoms with E-state index < -0.39 is 16.0 Å². The van der Waals surface area contributed by atoms with Gasteiger partial charge in [-0.15, -0.1) is 0 Å². The van der Waals surface area contributed by atoms with Gasteiger partial charge in [0.15, 0.2) is 0 Å². The number of phenolic OH excluding ortho intramolecular Hbond substituents is 1. The molecule has 2 aromatic rings. The summed E-state index contributed by atoms with van der Waals surface area (Å²) in [5, 5.41) is 21.5. The van der Waals surface area contributed by atoms with Crippen LogP contribution in [0.4, 0.5) is 0 Å². The smallest absolute Gasteiger partial charge is 0.335 e. The lowest BCUT2D eigenvalue weighted by atomic mass is 10.2. The molecule has 0 amide bonds. The molecule has 2 rings (SSSR count). The molecular formula is C14H12N2O5S. The van der Waals surface area contributed by atoms with Gasteiger partial charge in [-0.25, -0.2) is 9.63 Å². The Morgan fingerprint density at radius 3 is 2.18 bits per heavy atom. The molecule has 114 valence electrons. The second-order valence-corrected chi connectivity index (χ2v) is 5.93. The van der Waals surface area contributed by atoms with Crippen LogP contribution in [0.3, 0.4) is 0 Å². The lowest BCUT2D eigenvalue weighted by Gasteiger charge is -2.03. The molecule has 7 nitrogen and oxygen atoms in total. The number of carboxylic acids is 1. The highest BCUT2D eigenvalue weighted by Gasteiger charge is 2.13. The summed E-state index contributed by atoms with van der Waals surface area (Å²) in [6.45, 7) is 0. The van der Waals surface area contributed by atoms with E-state index in [1.807, 2.05) is 4.83 Å². The third kappa shape index (κ3) is 3.83. The molecule has 0 atom stereocenters. The van der Waals surface area contributed by atoms with E-state index in [9.17, 15) is 13.2 Å². The lowest BCUT2D eigenvalue weighted by molar-refractivity contribution is 0.0696. The van der Waals surface area contributed by atoms with Crippen LogP contribution in [0.1, 0.15) is 15.9 Å². The predicted molar refractivity (Wildman–Crippen MR) is 79.4 cm³/mol. The minimum absolute atomic E-state index is 0.00783. The van der Waals surface area contributed by atoms with Gasteiger partial charge in [0, 0.05) is 0 Å². The van der Waals surface area contributed by atoms with Gasteiger partial charge in [-0.2, -0.15) is 13.5 Å². The second kappa shape index (κ2) is 6.27. The molecule has 0 aliphatic carbocycles. The zero-order valence-electron chi connectivity index (χ0n) is 11.2. The Labute approximate surface area is 126 Å². The number of hydrogen-bond donors (Lipinski definition) is 3. The molecule has 0 fully saturated rings. The van der Waals surface area contributed by atoms with Crippen LogP contribution < -0.4 is 4.83 Å². The first-order valence-corrected chi connectivity index (χ1v) is 7.54. The van der Waals surface area contributed by atoms with Gasteiger partial charge in [-0.3, -0.25) is 0 Å². The van der Waals surface area contributed by atoms with Crippen molar-refractivity contribution in [2.75, 3.05) is 0 Å². The summed E-state index contributed by atoms with van der Waals surface area (Å²) in [5.41, 5.74) is 0.591. The SMILES string of the molecule is O=C(O)c1ccc(S(=O)(=O)NN=Cc2ccc(O)cc2)cc1. The summed E-state index contributed by atoms with van der Waals surface area (Å²) in [4.78, 5) is 12.6. The molecule has 3 N–H and O–H groups in total. The summed E-state index contributed by atoms with van der Waals surface area (Å²) in [5.74, 6) is -1.04. The molecule has 0 saturated carbocycles. The molecule has 0 aromatic heterocycles. The summed E-state index contributed by atoms with van der Waals surface area (Å²) in [7, 11) is -3.87. The Bertz CT molecular complexity index is 796. The highest BCUT2D eigenvalue weighted by Crippen LogP contribution is 2.11. The van der Waals surface area contributed by atoms with Crippen molar-refractivity contribution in [1.29, 1.82) is 0 Å². The van der Waals surface area contributed by atoms with E-state index in [4.69, 9.17) is 10.2 Å². The Morgan fingerprint density at radius 2 is 1.64 bits per heavy atom. The van der Waals surface area contributed by atoms with E-state index in [0.29, 0.717) is 5.56 Å². The summed E-state index contributed by atoms with van der Waals surface area (Å²) < 4.78 is 23.9. The van der Waals surface area contributed by atoms with Gasteiger partial charge in [0.25, 0.3) is 10.0 Å². The average Bonchev–Trinajstić information content (AvgIpc) is 2.49. The molecule has 0 saturated heterocycles. The number of aromatic hydroxyl groups is 1. The molecule has 0 aliphatic rings. The van der Waals surface area contributed by atoms with E-state index in [1.54, 1.807) is 12.1 Å². The fourth-order valence-corrected chi connectivity index (χ4v) is 2.35. The Hall–Kier alpha value is -2.87. The van der Waals surface area contributed by atoms with E-state index in [1.165, 1.54) is 42.6 Å².